The van der Waals surface area contributed by atoms with E-state index in [1.54, 1.807) is 0 Å². The molecule has 0 amide bonds. The van der Waals surface area contributed by atoms with Crippen molar-refractivity contribution in [1.82, 2.24) is 4.90 Å². The fraction of sp³-hybridized carbons (Fsp3) is 0.667. The fourth-order valence-electron chi connectivity index (χ4n) is 1.23. The first-order valence-electron chi connectivity index (χ1n) is 2.92. The quantitative estimate of drug-likeness (QED) is 0.453. The van der Waals surface area contributed by atoms with Gasteiger partial charge in [-0.25, -0.2) is 0 Å². The molecule has 2 nitrogen and oxygen atoms in total. The minimum Gasteiger partial charge on any atom is -0.491 e. The lowest BCUT2D eigenvalue weighted by molar-refractivity contribution is -0.0194. The molecular formula is C6H9NO. The van der Waals surface area contributed by atoms with Crippen LogP contribution in [0.1, 0.15) is 6.42 Å². The van der Waals surface area contributed by atoms with Crippen LogP contribution in [0.2, 0.25) is 0 Å². The molecule has 3 aliphatic heterocycles. The maximum absolute atomic E-state index is 5.26. The van der Waals surface area contributed by atoms with E-state index in [4.69, 9.17) is 4.74 Å². The van der Waals surface area contributed by atoms with Gasteiger partial charge in [0.15, 0.2) is 0 Å². The highest BCUT2D eigenvalue weighted by molar-refractivity contribution is 5.08. The third kappa shape index (κ3) is 0.427. The van der Waals surface area contributed by atoms with Gasteiger partial charge in [0.25, 0.3) is 0 Å². The number of nitrogens with zero attached hydrogens (tertiary/aromatic N) is 1. The van der Waals surface area contributed by atoms with E-state index in [0.29, 0.717) is 6.10 Å². The van der Waals surface area contributed by atoms with E-state index < -0.39 is 0 Å². The molecule has 1 unspecified atom stereocenters. The zero-order valence-electron chi connectivity index (χ0n) is 4.92. The van der Waals surface area contributed by atoms with E-state index in [0.717, 1.165) is 12.3 Å². The summed E-state index contributed by atoms with van der Waals surface area (Å²) in [4.78, 5) is 2.17. The molecule has 0 spiro atoms. The van der Waals surface area contributed by atoms with Crippen LogP contribution in [0.3, 0.4) is 0 Å². The third-order valence-corrected chi connectivity index (χ3v) is 1.60. The normalized spacial score (nSPS) is 32.9. The van der Waals surface area contributed by atoms with Crippen molar-refractivity contribution in [3.05, 3.63) is 12.0 Å². The summed E-state index contributed by atoms with van der Waals surface area (Å²) in [5.74, 6) is 1.16. The van der Waals surface area contributed by atoms with Crippen molar-refractivity contribution in [2.24, 2.45) is 0 Å². The highest BCUT2D eigenvalue weighted by Gasteiger charge is 2.30. The molecule has 1 saturated heterocycles. The second-order valence-electron chi connectivity index (χ2n) is 2.48. The Balaban J connectivity index is 2.20. The van der Waals surface area contributed by atoms with Crippen molar-refractivity contribution in [2.45, 2.75) is 12.5 Å². The lowest BCUT2D eigenvalue weighted by Crippen LogP contribution is -2.40. The Labute approximate surface area is 48.7 Å². The molecule has 44 valence electrons. The molecule has 0 aliphatic carbocycles. The molecule has 0 aromatic heterocycles. The molecule has 8 heavy (non-hydrogen) atoms. The molecule has 0 aromatic rings. The minimum absolute atomic E-state index is 0.514. The van der Waals surface area contributed by atoms with Gasteiger partial charge in [0, 0.05) is 19.7 Å². The zero-order chi connectivity index (χ0) is 5.56. The van der Waals surface area contributed by atoms with Crippen molar-refractivity contribution in [3.63, 3.8) is 0 Å². The summed E-state index contributed by atoms with van der Waals surface area (Å²) in [6, 6.07) is 0. The standard InChI is InChI=1S/C6H9NO/c1-7-3-5-2-6(4-7)8-5/h3,6H,2,4H2,1H3. The fourth-order valence-corrected chi connectivity index (χ4v) is 1.23. The Morgan fingerprint density at radius 1 is 1.88 bits per heavy atom. The van der Waals surface area contributed by atoms with Gasteiger partial charge in [-0.1, -0.05) is 0 Å². The highest BCUT2D eigenvalue weighted by Crippen LogP contribution is 2.29. The van der Waals surface area contributed by atoms with Gasteiger partial charge < -0.3 is 9.64 Å². The molecule has 1 atom stereocenters. The van der Waals surface area contributed by atoms with E-state index >= 15 is 0 Å². The Morgan fingerprint density at radius 3 is 2.88 bits per heavy atom. The van der Waals surface area contributed by atoms with Gasteiger partial charge >= 0.3 is 0 Å². The lowest BCUT2D eigenvalue weighted by atomic mass is 10.1. The van der Waals surface area contributed by atoms with Crippen LogP contribution >= 0.6 is 0 Å². The molecule has 3 heterocycles. The van der Waals surface area contributed by atoms with Crippen LogP contribution in [0, 0.1) is 0 Å². The second-order valence-corrected chi connectivity index (χ2v) is 2.48. The number of fused-ring (bicyclic) bond motifs is 2. The Kier molecular flexibility index (Phi) is 0.629. The van der Waals surface area contributed by atoms with Crippen LogP contribution in [0.5, 0.6) is 0 Å². The Morgan fingerprint density at radius 2 is 2.62 bits per heavy atom. The number of hydrogen-bond donors (Lipinski definition) is 0. The van der Waals surface area contributed by atoms with Crippen LogP contribution in [-0.2, 0) is 4.74 Å². The summed E-state index contributed by atoms with van der Waals surface area (Å²) in [7, 11) is 2.08. The predicted octanol–water partition coefficient (Wildman–Crippen LogP) is 0.562. The predicted molar refractivity (Wildman–Crippen MR) is 30.2 cm³/mol. The number of hydrogen-bond acceptors (Lipinski definition) is 2. The van der Waals surface area contributed by atoms with Gasteiger partial charge in [-0.15, -0.1) is 0 Å². The third-order valence-electron chi connectivity index (χ3n) is 1.60. The van der Waals surface area contributed by atoms with Gasteiger partial charge in [0.1, 0.15) is 11.9 Å². The first-order valence-corrected chi connectivity index (χ1v) is 2.92. The summed E-state index contributed by atoms with van der Waals surface area (Å²) in [5, 5.41) is 0. The van der Waals surface area contributed by atoms with E-state index in [2.05, 4.69) is 18.1 Å². The molecule has 3 aliphatic rings. The monoisotopic (exact) mass is 111 g/mol. The molecular weight excluding hydrogens is 102 g/mol. The van der Waals surface area contributed by atoms with Crippen molar-refractivity contribution in [1.29, 1.82) is 0 Å². The van der Waals surface area contributed by atoms with Crippen molar-refractivity contribution in [2.75, 3.05) is 13.6 Å². The van der Waals surface area contributed by atoms with Crippen LogP contribution in [0.25, 0.3) is 0 Å². The first kappa shape index (κ1) is 4.24. The summed E-state index contributed by atoms with van der Waals surface area (Å²) < 4.78 is 5.26. The van der Waals surface area contributed by atoms with E-state index in [9.17, 15) is 0 Å². The molecule has 0 aromatic carbocycles. The van der Waals surface area contributed by atoms with E-state index in [-0.39, 0.29) is 0 Å². The average Bonchev–Trinajstić information content (AvgIpc) is 1.62. The molecule has 2 heteroatoms. The maximum atomic E-state index is 5.26. The summed E-state index contributed by atoms with van der Waals surface area (Å²) >= 11 is 0. The molecule has 0 radical (unpaired) electrons. The SMILES string of the molecule is CN1C=C2CC(C1)O2. The van der Waals surface area contributed by atoms with Gasteiger partial charge in [-0.3, -0.25) is 0 Å². The van der Waals surface area contributed by atoms with Crippen LogP contribution in [0.15, 0.2) is 12.0 Å². The summed E-state index contributed by atoms with van der Waals surface area (Å²) in [6.45, 7) is 1.07. The second kappa shape index (κ2) is 1.19. The minimum atomic E-state index is 0.514. The molecule has 3 rings (SSSR count). The van der Waals surface area contributed by atoms with E-state index in [1.807, 2.05) is 0 Å². The Hall–Kier alpha value is -0.660. The van der Waals surface area contributed by atoms with E-state index in [1.165, 1.54) is 6.42 Å². The maximum Gasteiger partial charge on any atom is 0.123 e. The van der Waals surface area contributed by atoms with Gasteiger partial charge in [-0.05, 0) is 0 Å². The summed E-state index contributed by atoms with van der Waals surface area (Å²) in [5.41, 5.74) is 0. The largest absolute Gasteiger partial charge is 0.491 e. The highest BCUT2D eigenvalue weighted by atomic mass is 16.5. The average molecular weight is 111 g/mol. The number of ether oxygens (including phenoxy) is 1. The Bertz CT molecular complexity index is 133. The van der Waals surface area contributed by atoms with Crippen molar-refractivity contribution < 1.29 is 4.74 Å². The molecule has 1 fully saturated rings. The van der Waals surface area contributed by atoms with Gasteiger partial charge in [-0.2, -0.15) is 0 Å². The van der Waals surface area contributed by atoms with Crippen molar-refractivity contribution in [3.8, 4) is 0 Å². The van der Waals surface area contributed by atoms with Crippen LogP contribution < -0.4 is 0 Å². The molecule has 0 N–H and O–H groups in total. The summed E-state index contributed by atoms with van der Waals surface area (Å²) in [6.07, 6.45) is 3.75. The molecule has 2 bridgehead atoms. The van der Waals surface area contributed by atoms with Crippen molar-refractivity contribution >= 4 is 0 Å². The van der Waals surface area contributed by atoms with Crippen LogP contribution in [0.4, 0.5) is 0 Å². The lowest BCUT2D eigenvalue weighted by Gasteiger charge is -2.39. The zero-order valence-corrected chi connectivity index (χ0v) is 4.92. The van der Waals surface area contributed by atoms with Crippen LogP contribution in [-0.4, -0.2) is 24.6 Å². The smallest absolute Gasteiger partial charge is 0.123 e. The van der Waals surface area contributed by atoms with Gasteiger partial charge in [0.2, 0.25) is 0 Å². The van der Waals surface area contributed by atoms with Gasteiger partial charge in [0.05, 0.1) is 6.54 Å². The number of rotatable bonds is 0. The topological polar surface area (TPSA) is 12.5 Å². The number of likely N-dealkylation sites (N-methyl/N-ethyl adjacent to an activating group) is 1. The first-order chi connectivity index (χ1) is 3.84. The molecule has 0 saturated carbocycles.